The second kappa shape index (κ2) is 10.5. The summed E-state index contributed by atoms with van der Waals surface area (Å²) >= 11 is 1.59. The summed E-state index contributed by atoms with van der Waals surface area (Å²) in [4.78, 5) is 26.8. The van der Waals surface area contributed by atoms with Crippen LogP contribution in [0, 0.1) is 0 Å². The number of benzene rings is 1. The third-order valence-electron chi connectivity index (χ3n) is 6.15. The highest BCUT2D eigenvalue weighted by Crippen LogP contribution is 2.22. The lowest BCUT2D eigenvalue weighted by Gasteiger charge is -2.33. The zero-order chi connectivity index (χ0) is 24.2. The van der Waals surface area contributed by atoms with E-state index in [1.54, 1.807) is 11.3 Å². The molecule has 35 heavy (non-hydrogen) atoms. The lowest BCUT2D eigenvalue weighted by atomic mass is 10.0. The summed E-state index contributed by atoms with van der Waals surface area (Å²) in [6.45, 7) is 7.77. The molecule has 0 radical (unpaired) electrons. The van der Waals surface area contributed by atoms with E-state index in [0.717, 1.165) is 23.5 Å². The van der Waals surface area contributed by atoms with Gasteiger partial charge in [-0.1, -0.05) is 54.5 Å². The molecule has 1 aliphatic heterocycles. The fourth-order valence-corrected chi connectivity index (χ4v) is 4.68. The summed E-state index contributed by atoms with van der Waals surface area (Å²) in [5.74, 6) is 2.83. The number of carbonyl (C=O) groups is 1. The number of hydrogen-bond acceptors (Lipinski definition) is 9. The van der Waals surface area contributed by atoms with Crippen molar-refractivity contribution in [2.75, 3.05) is 26.2 Å². The molecule has 1 aliphatic rings. The number of rotatable bonds is 8. The minimum Gasteiger partial charge on any atom is -0.340 e. The fourth-order valence-electron chi connectivity index (χ4n) is 4.03. The van der Waals surface area contributed by atoms with Gasteiger partial charge >= 0.3 is 0 Å². The molecule has 1 saturated heterocycles. The van der Waals surface area contributed by atoms with Crippen molar-refractivity contribution in [3.63, 3.8) is 0 Å². The van der Waals surface area contributed by atoms with Crippen LogP contribution in [0.3, 0.4) is 0 Å². The maximum absolute atomic E-state index is 12.7. The first kappa shape index (κ1) is 23.4. The van der Waals surface area contributed by atoms with Crippen LogP contribution >= 0.6 is 11.3 Å². The zero-order valence-electron chi connectivity index (χ0n) is 19.9. The average molecular weight is 493 g/mol. The van der Waals surface area contributed by atoms with E-state index in [-0.39, 0.29) is 5.91 Å². The molecule has 0 saturated carbocycles. The molecule has 0 spiro atoms. The third kappa shape index (κ3) is 5.66. The van der Waals surface area contributed by atoms with E-state index in [2.05, 4.69) is 51.2 Å². The minimum atomic E-state index is 0.100. The predicted octanol–water partition coefficient (Wildman–Crippen LogP) is 4.25. The number of carbonyl (C=O) groups excluding carboxylic acids is 1. The van der Waals surface area contributed by atoms with Gasteiger partial charge in [0, 0.05) is 44.6 Å². The Bertz CT molecular complexity index is 1240. The number of piperazine rings is 1. The third-order valence-corrected chi connectivity index (χ3v) is 7.02. The van der Waals surface area contributed by atoms with Crippen LogP contribution in [0.1, 0.15) is 43.5 Å². The number of amides is 1. The Morgan fingerprint density at radius 1 is 0.971 bits per heavy atom. The quantitative estimate of drug-likeness (QED) is 0.360. The van der Waals surface area contributed by atoms with E-state index in [0.29, 0.717) is 61.8 Å². The van der Waals surface area contributed by atoms with Gasteiger partial charge in [-0.2, -0.15) is 9.97 Å². The van der Waals surface area contributed by atoms with Gasteiger partial charge < -0.3 is 13.9 Å². The maximum Gasteiger partial charge on any atom is 0.241 e. The van der Waals surface area contributed by atoms with Crippen molar-refractivity contribution >= 4 is 17.2 Å². The van der Waals surface area contributed by atoms with E-state index >= 15 is 0 Å². The fraction of sp³-hybridized carbons (Fsp3) is 0.400. The topological polar surface area (TPSA) is 101 Å². The highest BCUT2D eigenvalue weighted by Gasteiger charge is 2.23. The Morgan fingerprint density at radius 3 is 2.40 bits per heavy atom. The first-order valence-electron chi connectivity index (χ1n) is 11.8. The molecule has 0 unspecified atom stereocenters. The zero-order valence-corrected chi connectivity index (χ0v) is 20.7. The Labute approximate surface area is 207 Å². The molecule has 1 fully saturated rings. The SMILES string of the molecule is CC(C)c1ccc(-c2noc(CCC(=O)N3CCN(Cc4nc(-c5cccs5)no4)CC3)n2)cc1. The highest BCUT2D eigenvalue weighted by molar-refractivity contribution is 7.13. The molecule has 4 aromatic rings. The van der Waals surface area contributed by atoms with Gasteiger partial charge in [0.25, 0.3) is 0 Å². The van der Waals surface area contributed by atoms with Crippen LogP contribution in [0.2, 0.25) is 0 Å². The number of aryl methyl sites for hydroxylation is 1. The van der Waals surface area contributed by atoms with E-state index in [9.17, 15) is 4.79 Å². The Kier molecular flexibility index (Phi) is 7.01. The van der Waals surface area contributed by atoms with Crippen molar-refractivity contribution in [1.29, 1.82) is 0 Å². The summed E-state index contributed by atoms with van der Waals surface area (Å²) in [6, 6.07) is 12.1. The second-order valence-electron chi connectivity index (χ2n) is 8.93. The van der Waals surface area contributed by atoms with E-state index in [1.165, 1.54) is 5.56 Å². The highest BCUT2D eigenvalue weighted by atomic mass is 32.1. The van der Waals surface area contributed by atoms with Gasteiger partial charge in [-0.3, -0.25) is 9.69 Å². The lowest BCUT2D eigenvalue weighted by Crippen LogP contribution is -2.48. The Morgan fingerprint density at radius 2 is 1.69 bits per heavy atom. The van der Waals surface area contributed by atoms with Crippen LogP contribution in [0.25, 0.3) is 22.1 Å². The molecule has 0 aliphatic carbocycles. The molecule has 1 amide bonds. The molecule has 0 bridgehead atoms. The van der Waals surface area contributed by atoms with E-state index in [4.69, 9.17) is 9.05 Å². The number of aromatic nitrogens is 4. The van der Waals surface area contributed by atoms with Crippen LogP contribution in [0.5, 0.6) is 0 Å². The van der Waals surface area contributed by atoms with Crippen LogP contribution < -0.4 is 0 Å². The summed E-state index contributed by atoms with van der Waals surface area (Å²) < 4.78 is 10.8. The largest absolute Gasteiger partial charge is 0.340 e. The first-order valence-corrected chi connectivity index (χ1v) is 12.7. The van der Waals surface area contributed by atoms with Crippen molar-refractivity contribution in [2.45, 2.75) is 39.2 Å². The number of thiophene rings is 1. The average Bonchev–Trinajstić information content (AvgIpc) is 3.65. The Hall–Kier alpha value is -3.37. The van der Waals surface area contributed by atoms with E-state index < -0.39 is 0 Å². The first-order chi connectivity index (χ1) is 17.0. The van der Waals surface area contributed by atoms with Crippen molar-refractivity contribution in [3.8, 4) is 22.1 Å². The standard InChI is InChI=1S/C25H28N6O3S/c1-17(2)18-5-7-19(8-6-18)24-26-21(33-28-24)9-10-23(32)31-13-11-30(12-14-31)16-22-27-25(29-34-22)20-4-3-15-35-20/h3-8,15,17H,9-14,16H2,1-2H3. The number of hydrogen-bond donors (Lipinski definition) is 0. The molecule has 182 valence electrons. The van der Waals surface area contributed by atoms with Gasteiger partial charge in [0.05, 0.1) is 11.4 Å². The van der Waals surface area contributed by atoms with Gasteiger partial charge in [-0.05, 0) is 22.9 Å². The van der Waals surface area contributed by atoms with Crippen LogP contribution in [0.15, 0.2) is 50.8 Å². The molecule has 0 N–H and O–H groups in total. The summed E-state index contributed by atoms with van der Waals surface area (Å²) in [6.07, 6.45) is 0.783. The molecule has 9 nitrogen and oxygen atoms in total. The summed E-state index contributed by atoms with van der Waals surface area (Å²) in [5, 5.41) is 10.1. The second-order valence-corrected chi connectivity index (χ2v) is 9.88. The molecule has 5 rings (SSSR count). The molecular weight excluding hydrogens is 464 g/mol. The van der Waals surface area contributed by atoms with Crippen LogP contribution in [-0.4, -0.2) is 62.2 Å². The van der Waals surface area contributed by atoms with Gasteiger partial charge in [-0.25, -0.2) is 0 Å². The van der Waals surface area contributed by atoms with Crippen molar-refractivity contribution in [2.24, 2.45) is 0 Å². The number of nitrogens with zero attached hydrogens (tertiary/aromatic N) is 6. The maximum atomic E-state index is 12.7. The van der Waals surface area contributed by atoms with Gasteiger partial charge in [0.1, 0.15) is 0 Å². The van der Waals surface area contributed by atoms with E-state index in [1.807, 2.05) is 34.5 Å². The molecule has 4 heterocycles. The van der Waals surface area contributed by atoms with Gasteiger partial charge in [0.15, 0.2) is 0 Å². The lowest BCUT2D eigenvalue weighted by molar-refractivity contribution is -0.133. The molecule has 1 aromatic carbocycles. The van der Waals surface area contributed by atoms with Gasteiger partial charge in [-0.15, -0.1) is 11.3 Å². The summed E-state index contributed by atoms with van der Waals surface area (Å²) in [7, 11) is 0. The minimum absolute atomic E-state index is 0.100. The normalized spacial score (nSPS) is 14.7. The van der Waals surface area contributed by atoms with Crippen LogP contribution in [-0.2, 0) is 17.8 Å². The van der Waals surface area contributed by atoms with Crippen molar-refractivity contribution < 1.29 is 13.8 Å². The van der Waals surface area contributed by atoms with Crippen molar-refractivity contribution in [1.82, 2.24) is 30.1 Å². The smallest absolute Gasteiger partial charge is 0.241 e. The van der Waals surface area contributed by atoms with Crippen molar-refractivity contribution in [3.05, 3.63) is 59.1 Å². The Balaban J connectivity index is 1.07. The van der Waals surface area contributed by atoms with Crippen LogP contribution in [0.4, 0.5) is 0 Å². The molecule has 3 aromatic heterocycles. The monoisotopic (exact) mass is 492 g/mol. The molecule has 10 heteroatoms. The molecular formula is C25H28N6O3S. The predicted molar refractivity (Wildman–Crippen MR) is 132 cm³/mol. The summed E-state index contributed by atoms with van der Waals surface area (Å²) in [5.41, 5.74) is 2.18. The molecule has 0 atom stereocenters. The van der Waals surface area contributed by atoms with Gasteiger partial charge in [0.2, 0.25) is 29.3 Å².